The van der Waals surface area contributed by atoms with Gasteiger partial charge in [-0.3, -0.25) is 0 Å². The second-order valence-corrected chi connectivity index (χ2v) is 3.83. The monoisotopic (exact) mass is 265 g/mol. The second kappa shape index (κ2) is 10.1. The molecule has 19 heavy (non-hydrogen) atoms. The van der Waals surface area contributed by atoms with Crippen LogP contribution in [0.1, 0.15) is 12.1 Å². The third-order valence-corrected chi connectivity index (χ3v) is 2.34. The number of aliphatic hydroxyl groups excluding tert-OH is 1. The van der Waals surface area contributed by atoms with Gasteiger partial charge in [0, 0.05) is 43.3 Å². The smallest absolute Gasteiger partial charge is 0.126 e. The average Bonchev–Trinajstić information content (AvgIpc) is 2.43. The van der Waals surface area contributed by atoms with Crippen LogP contribution < -0.4 is 5.32 Å². The molecule has 1 heterocycles. The molecule has 0 saturated carbocycles. The van der Waals surface area contributed by atoms with Crippen molar-refractivity contribution in [3.8, 4) is 0 Å². The van der Waals surface area contributed by atoms with Crippen LogP contribution in [0.25, 0.3) is 10.4 Å². The van der Waals surface area contributed by atoms with Gasteiger partial charge in [0.25, 0.3) is 0 Å². The minimum absolute atomic E-state index is 0.102. The van der Waals surface area contributed by atoms with E-state index in [1.165, 1.54) is 0 Å². The summed E-state index contributed by atoms with van der Waals surface area (Å²) in [7, 11) is 0. The summed E-state index contributed by atoms with van der Waals surface area (Å²) in [4.78, 5) is 7.00. The first kappa shape index (κ1) is 15.2. The lowest BCUT2D eigenvalue weighted by molar-refractivity contribution is 0.143. The summed E-state index contributed by atoms with van der Waals surface area (Å²) in [6.45, 7) is 2.39. The Balaban J connectivity index is 2.11. The van der Waals surface area contributed by atoms with Crippen LogP contribution >= 0.6 is 0 Å². The molecule has 0 aliphatic carbocycles. The Kier molecular flexibility index (Phi) is 8.13. The molecule has 0 fully saturated rings. The average molecular weight is 265 g/mol. The van der Waals surface area contributed by atoms with E-state index in [0.29, 0.717) is 32.7 Å². The van der Waals surface area contributed by atoms with E-state index in [2.05, 4.69) is 20.3 Å². The zero-order valence-corrected chi connectivity index (χ0v) is 10.8. The number of aliphatic hydroxyl groups is 1. The van der Waals surface area contributed by atoms with Crippen molar-refractivity contribution in [3.63, 3.8) is 0 Å². The summed E-state index contributed by atoms with van der Waals surface area (Å²) in [5.74, 6) is 0.781. The molecule has 0 aromatic carbocycles. The van der Waals surface area contributed by atoms with E-state index in [-0.39, 0.29) is 6.61 Å². The molecule has 0 bridgehead atoms. The number of aromatic nitrogens is 1. The Morgan fingerprint density at radius 2 is 2.32 bits per heavy atom. The van der Waals surface area contributed by atoms with Gasteiger partial charge >= 0.3 is 0 Å². The largest absolute Gasteiger partial charge is 0.396 e. The number of anilines is 1. The number of azide groups is 1. The van der Waals surface area contributed by atoms with Gasteiger partial charge in [-0.1, -0.05) is 11.2 Å². The van der Waals surface area contributed by atoms with E-state index in [1.807, 2.05) is 18.2 Å². The SMILES string of the molecule is [N-]=[N+]=NCCCOCCNc1cccc(CCO)n1. The van der Waals surface area contributed by atoms with Crippen molar-refractivity contribution in [2.24, 2.45) is 5.11 Å². The molecule has 7 heteroatoms. The summed E-state index contributed by atoms with van der Waals surface area (Å²) in [6, 6.07) is 5.66. The number of ether oxygens (including phenoxy) is 1. The van der Waals surface area contributed by atoms with Crippen LogP contribution in [-0.4, -0.2) is 43.0 Å². The number of nitrogens with one attached hydrogen (secondary N) is 1. The highest BCUT2D eigenvalue weighted by Crippen LogP contribution is 2.04. The predicted molar refractivity (Wildman–Crippen MR) is 73.0 cm³/mol. The maximum atomic E-state index is 8.83. The molecule has 1 aromatic rings. The minimum Gasteiger partial charge on any atom is -0.396 e. The molecule has 0 aliphatic heterocycles. The van der Waals surface area contributed by atoms with Crippen LogP contribution in [0, 0.1) is 0 Å². The number of hydrogen-bond donors (Lipinski definition) is 2. The van der Waals surface area contributed by atoms with Gasteiger partial charge in [0.1, 0.15) is 5.82 Å². The van der Waals surface area contributed by atoms with Crippen molar-refractivity contribution in [1.29, 1.82) is 0 Å². The molecule has 0 aliphatic rings. The molecule has 7 nitrogen and oxygen atoms in total. The van der Waals surface area contributed by atoms with Crippen molar-refractivity contribution in [3.05, 3.63) is 34.3 Å². The van der Waals surface area contributed by atoms with Crippen molar-refractivity contribution < 1.29 is 9.84 Å². The van der Waals surface area contributed by atoms with Crippen LogP contribution in [0.3, 0.4) is 0 Å². The molecule has 0 unspecified atom stereocenters. The van der Waals surface area contributed by atoms with E-state index in [1.54, 1.807) is 0 Å². The van der Waals surface area contributed by atoms with Gasteiger partial charge in [-0.05, 0) is 24.1 Å². The first-order chi connectivity index (χ1) is 9.36. The van der Waals surface area contributed by atoms with E-state index in [0.717, 1.165) is 17.9 Å². The van der Waals surface area contributed by atoms with Crippen LogP contribution in [0.15, 0.2) is 23.3 Å². The van der Waals surface area contributed by atoms with E-state index < -0.39 is 0 Å². The number of rotatable bonds is 10. The van der Waals surface area contributed by atoms with Crippen molar-refractivity contribution in [2.75, 3.05) is 38.2 Å². The Labute approximate surface area is 112 Å². The summed E-state index contributed by atoms with van der Waals surface area (Å²) in [6.07, 6.45) is 1.29. The molecule has 0 radical (unpaired) electrons. The second-order valence-electron chi connectivity index (χ2n) is 3.83. The van der Waals surface area contributed by atoms with E-state index >= 15 is 0 Å². The van der Waals surface area contributed by atoms with Gasteiger partial charge in [0.2, 0.25) is 0 Å². The fourth-order valence-corrected chi connectivity index (χ4v) is 1.47. The zero-order valence-electron chi connectivity index (χ0n) is 10.8. The lowest BCUT2D eigenvalue weighted by Gasteiger charge is -2.07. The molecule has 1 aromatic heterocycles. The van der Waals surface area contributed by atoms with Crippen LogP contribution in [0.2, 0.25) is 0 Å². The maximum Gasteiger partial charge on any atom is 0.126 e. The first-order valence-corrected chi connectivity index (χ1v) is 6.26. The summed E-state index contributed by atoms with van der Waals surface area (Å²) in [5.41, 5.74) is 8.94. The summed E-state index contributed by atoms with van der Waals surface area (Å²) in [5, 5.41) is 15.4. The summed E-state index contributed by atoms with van der Waals surface area (Å²) >= 11 is 0. The Morgan fingerprint density at radius 1 is 1.42 bits per heavy atom. The molecule has 0 saturated heterocycles. The van der Waals surface area contributed by atoms with E-state index in [9.17, 15) is 0 Å². The van der Waals surface area contributed by atoms with Gasteiger partial charge in [-0.2, -0.15) is 0 Å². The van der Waals surface area contributed by atoms with E-state index in [4.69, 9.17) is 15.4 Å². The number of hydrogen-bond acceptors (Lipinski definition) is 5. The zero-order chi connectivity index (χ0) is 13.8. The third-order valence-electron chi connectivity index (χ3n) is 2.34. The minimum atomic E-state index is 0.102. The summed E-state index contributed by atoms with van der Waals surface area (Å²) < 4.78 is 5.37. The maximum absolute atomic E-state index is 8.83. The molecular formula is C12H19N5O2. The lowest BCUT2D eigenvalue weighted by atomic mass is 10.3. The quantitative estimate of drug-likeness (QED) is 0.291. The third kappa shape index (κ3) is 7.25. The molecule has 1 rings (SSSR count). The van der Waals surface area contributed by atoms with Crippen molar-refractivity contribution in [2.45, 2.75) is 12.8 Å². The van der Waals surface area contributed by atoms with Gasteiger partial charge in [-0.15, -0.1) is 0 Å². The predicted octanol–water partition coefficient (Wildman–Crippen LogP) is 1.75. The molecule has 0 atom stereocenters. The van der Waals surface area contributed by atoms with Crippen LogP contribution in [0.5, 0.6) is 0 Å². The standard InChI is InChI=1S/C12H19N5O2/c13-17-15-6-2-9-19-10-7-14-12-4-1-3-11(16-12)5-8-18/h1,3-4,18H,2,5-10H2,(H,14,16). The Bertz CT molecular complexity index is 407. The fraction of sp³-hybridized carbons (Fsp3) is 0.583. The van der Waals surface area contributed by atoms with Gasteiger partial charge in [-0.25, -0.2) is 4.98 Å². The Morgan fingerprint density at radius 3 is 3.11 bits per heavy atom. The Hall–Kier alpha value is -1.82. The highest BCUT2D eigenvalue weighted by Gasteiger charge is 1.97. The molecular weight excluding hydrogens is 246 g/mol. The normalized spacial score (nSPS) is 9.95. The van der Waals surface area contributed by atoms with Crippen LogP contribution in [0.4, 0.5) is 5.82 Å². The molecule has 104 valence electrons. The van der Waals surface area contributed by atoms with Gasteiger partial charge in [0.05, 0.1) is 6.61 Å². The topological polar surface area (TPSA) is 103 Å². The first-order valence-electron chi connectivity index (χ1n) is 6.26. The molecule has 0 amide bonds. The highest BCUT2D eigenvalue weighted by molar-refractivity contribution is 5.35. The highest BCUT2D eigenvalue weighted by atomic mass is 16.5. The van der Waals surface area contributed by atoms with Crippen molar-refractivity contribution >= 4 is 5.82 Å². The lowest BCUT2D eigenvalue weighted by Crippen LogP contribution is -2.11. The number of nitrogens with zero attached hydrogens (tertiary/aromatic N) is 4. The molecule has 2 N–H and O–H groups in total. The van der Waals surface area contributed by atoms with Crippen LogP contribution in [-0.2, 0) is 11.2 Å². The van der Waals surface area contributed by atoms with Gasteiger partial charge < -0.3 is 15.2 Å². The number of pyridine rings is 1. The van der Waals surface area contributed by atoms with Gasteiger partial charge in [0.15, 0.2) is 0 Å². The van der Waals surface area contributed by atoms with Crippen molar-refractivity contribution in [1.82, 2.24) is 4.98 Å². The fourth-order valence-electron chi connectivity index (χ4n) is 1.47. The molecule has 0 spiro atoms.